The number of carbonyl (C=O) groups is 1. The number of pyridine rings is 1. The number of piperidine rings is 1. The third-order valence-electron chi connectivity index (χ3n) is 5.65. The highest BCUT2D eigenvalue weighted by atomic mass is 16.1. The van der Waals surface area contributed by atoms with Crippen molar-refractivity contribution in [3.05, 3.63) is 42.2 Å². The van der Waals surface area contributed by atoms with Crippen LogP contribution < -0.4 is 5.32 Å². The topological polar surface area (TPSA) is 80.9 Å². The van der Waals surface area contributed by atoms with Crippen LogP contribution in [-0.2, 0) is 24.4 Å². The summed E-state index contributed by atoms with van der Waals surface area (Å²) in [6.45, 7) is 8.82. The molecule has 1 fully saturated rings. The van der Waals surface area contributed by atoms with E-state index in [0.717, 1.165) is 55.7 Å². The molecule has 4 heterocycles. The van der Waals surface area contributed by atoms with Gasteiger partial charge in [0, 0.05) is 56.8 Å². The Morgan fingerprint density at radius 2 is 2.28 bits per heavy atom. The number of likely N-dealkylation sites (tertiary alicyclic amines) is 1. The molecule has 0 aliphatic carbocycles. The molecule has 8 heteroatoms. The molecule has 0 radical (unpaired) electrons. The zero-order chi connectivity index (χ0) is 20.2. The number of imidazole rings is 1. The highest BCUT2D eigenvalue weighted by molar-refractivity contribution is 5.79. The average molecular weight is 396 g/mol. The number of hydrogen-bond acceptors (Lipinski definition) is 5. The van der Waals surface area contributed by atoms with Crippen LogP contribution in [0.4, 0.5) is 0 Å². The van der Waals surface area contributed by atoms with E-state index in [2.05, 4.69) is 37.7 Å². The molecular formula is C21H29N7O. The fraction of sp³-hybridized carbons (Fsp3) is 0.524. The van der Waals surface area contributed by atoms with Crippen LogP contribution in [0, 0.1) is 0 Å². The third-order valence-corrected chi connectivity index (χ3v) is 5.65. The molecule has 0 aromatic carbocycles. The first kappa shape index (κ1) is 19.6. The predicted molar refractivity (Wildman–Crippen MR) is 111 cm³/mol. The molecule has 1 N–H and O–H groups in total. The number of fused-ring (bicyclic) bond motifs is 1. The van der Waals surface area contributed by atoms with Gasteiger partial charge < -0.3 is 9.88 Å². The van der Waals surface area contributed by atoms with E-state index in [0.29, 0.717) is 19.0 Å². The van der Waals surface area contributed by atoms with Crippen molar-refractivity contribution in [2.45, 2.75) is 52.2 Å². The average Bonchev–Trinajstić information content (AvgIpc) is 3.32. The zero-order valence-electron chi connectivity index (χ0n) is 17.2. The fourth-order valence-corrected chi connectivity index (χ4v) is 4.25. The van der Waals surface area contributed by atoms with E-state index in [1.54, 1.807) is 0 Å². The standard InChI is InChI=1S/C21H29N7O/c1-3-27-15-22-12-18(27)14-26-10-5-6-17(13-26)20-19-7-4-8-24-21(19)28(25-20)11-9-23-16(2)29/h4,7-8,12,15,17H,3,5-6,9-11,13-14H2,1-2H3,(H,23,29). The van der Waals surface area contributed by atoms with E-state index >= 15 is 0 Å². The second-order valence-electron chi connectivity index (χ2n) is 7.71. The Labute approximate surface area is 170 Å². The number of aryl methyl sites for hydroxylation is 1. The summed E-state index contributed by atoms with van der Waals surface area (Å²) in [6.07, 6.45) is 7.99. The van der Waals surface area contributed by atoms with Gasteiger partial charge >= 0.3 is 0 Å². The van der Waals surface area contributed by atoms with Gasteiger partial charge in [0.1, 0.15) is 0 Å². The highest BCUT2D eigenvalue weighted by Crippen LogP contribution is 2.31. The quantitative estimate of drug-likeness (QED) is 0.663. The summed E-state index contributed by atoms with van der Waals surface area (Å²) in [7, 11) is 0. The lowest BCUT2D eigenvalue weighted by Gasteiger charge is -2.32. The van der Waals surface area contributed by atoms with Gasteiger partial charge in [-0.1, -0.05) is 0 Å². The fourth-order valence-electron chi connectivity index (χ4n) is 4.25. The molecular weight excluding hydrogens is 366 g/mol. The third kappa shape index (κ3) is 4.32. The van der Waals surface area contributed by atoms with Gasteiger partial charge in [0.2, 0.25) is 5.91 Å². The molecule has 1 aliphatic rings. The number of carbonyl (C=O) groups excluding carboxylic acids is 1. The van der Waals surface area contributed by atoms with Crippen LogP contribution in [-0.4, -0.2) is 54.8 Å². The van der Waals surface area contributed by atoms with E-state index in [1.165, 1.54) is 12.6 Å². The van der Waals surface area contributed by atoms with E-state index in [-0.39, 0.29) is 5.91 Å². The normalized spacial score (nSPS) is 17.7. The maximum Gasteiger partial charge on any atom is 0.216 e. The molecule has 3 aromatic heterocycles. The van der Waals surface area contributed by atoms with E-state index < -0.39 is 0 Å². The lowest BCUT2D eigenvalue weighted by molar-refractivity contribution is -0.118. The van der Waals surface area contributed by atoms with Crippen molar-refractivity contribution in [2.24, 2.45) is 0 Å². The van der Waals surface area contributed by atoms with Crippen molar-refractivity contribution in [3.8, 4) is 0 Å². The Kier molecular flexibility index (Phi) is 5.89. The summed E-state index contributed by atoms with van der Waals surface area (Å²) in [6, 6.07) is 4.09. The summed E-state index contributed by atoms with van der Waals surface area (Å²) >= 11 is 0. The van der Waals surface area contributed by atoms with Crippen LogP contribution in [0.3, 0.4) is 0 Å². The van der Waals surface area contributed by atoms with Crippen molar-refractivity contribution in [1.82, 2.24) is 34.5 Å². The molecule has 1 unspecified atom stereocenters. The lowest BCUT2D eigenvalue weighted by Crippen LogP contribution is -2.34. The Morgan fingerprint density at radius 3 is 3.10 bits per heavy atom. The van der Waals surface area contributed by atoms with Crippen LogP contribution in [0.5, 0.6) is 0 Å². The number of hydrogen-bond donors (Lipinski definition) is 1. The Bertz CT molecular complexity index is 976. The van der Waals surface area contributed by atoms with Crippen molar-refractivity contribution < 1.29 is 4.79 Å². The van der Waals surface area contributed by atoms with Gasteiger partial charge in [0.25, 0.3) is 0 Å². The molecule has 3 aromatic rings. The molecule has 1 aliphatic heterocycles. The van der Waals surface area contributed by atoms with E-state index in [9.17, 15) is 4.79 Å². The second kappa shape index (κ2) is 8.73. The second-order valence-corrected chi connectivity index (χ2v) is 7.71. The van der Waals surface area contributed by atoms with Crippen molar-refractivity contribution in [1.29, 1.82) is 0 Å². The lowest BCUT2D eigenvalue weighted by atomic mass is 9.93. The first-order valence-corrected chi connectivity index (χ1v) is 10.4. The molecule has 0 bridgehead atoms. The predicted octanol–water partition coefficient (Wildman–Crippen LogP) is 2.16. The molecule has 0 spiro atoms. The number of amides is 1. The van der Waals surface area contributed by atoms with Crippen LogP contribution in [0.25, 0.3) is 11.0 Å². The van der Waals surface area contributed by atoms with Gasteiger partial charge in [0.05, 0.1) is 24.3 Å². The van der Waals surface area contributed by atoms with Crippen LogP contribution in [0.1, 0.15) is 44.0 Å². The SMILES string of the molecule is CCn1cncc1CN1CCCC(c2nn(CCNC(C)=O)c3ncccc23)C1. The monoisotopic (exact) mass is 395 g/mol. The minimum Gasteiger partial charge on any atom is -0.354 e. The molecule has 29 heavy (non-hydrogen) atoms. The van der Waals surface area contributed by atoms with Crippen LogP contribution >= 0.6 is 0 Å². The molecule has 4 rings (SSSR count). The molecule has 0 saturated carbocycles. The summed E-state index contributed by atoms with van der Waals surface area (Å²) < 4.78 is 4.14. The number of nitrogens with one attached hydrogen (secondary N) is 1. The van der Waals surface area contributed by atoms with Gasteiger partial charge in [-0.3, -0.25) is 9.69 Å². The molecule has 154 valence electrons. The van der Waals surface area contributed by atoms with Crippen LogP contribution in [0.15, 0.2) is 30.9 Å². The first-order chi connectivity index (χ1) is 14.2. The Balaban J connectivity index is 1.53. The van der Waals surface area contributed by atoms with Crippen LogP contribution in [0.2, 0.25) is 0 Å². The van der Waals surface area contributed by atoms with Gasteiger partial charge in [0.15, 0.2) is 5.65 Å². The van der Waals surface area contributed by atoms with Gasteiger partial charge in [-0.2, -0.15) is 5.10 Å². The number of nitrogens with zero attached hydrogens (tertiary/aromatic N) is 6. The number of aromatic nitrogens is 5. The van der Waals surface area contributed by atoms with E-state index in [4.69, 9.17) is 5.10 Å². The van der Waals surface area contributed by atoms with E-state index in [1.807, 2.05) is 29.5 Å². The summed E-state index contributed by atoms with van der Waals surface area (Å²) in [5.74, 6) is 0.361. The largest absolute Gasteiger partial charge is 0.354 e. The minimum absolute atomic E-state index is 0.0242. The highest BCUT2D eigenvalue weighted by Gasteiger charge is 2.26. The molecule has 1 amide bonds. The maximum absolute atomic E-state index is 11.2. The van der Waals surface area contributed by atoms with Gasteiger partial charge in [-0.15, -0.1) is 0 Å². The smallest absolute Gasteiger partial charge is 0.216 e. The first-order valence-electron chi connectivity index (χ1n) is 10.4. The van der Waals surface area contributed by atoms with Gasteiger partial charge in [-0.25, -0.2) is 14.6 Å². The summed E-state index contributed by atoms with van der Waals surface area (Å²) in [4.78, 5) is 22.6. The molecule has 1 saturated heterocycles. The van der Waals surface area contributed by atoms with Gasteiger partial charge in [-0.05, 0) is 38.4 Å². The minimum atomic E-state index is -0.0242. The summed E-state index contributed by atoms with van der Waals surface area (Å²) in [5.41, 5.74) is 3.29. The van der Waals surface area contributed by atoms with Crippen molar-refractivity contribution >= 4 is 16.9 Å². The maximum atomic E-state index is 11.2. The zero-order valence-corrected chi connectivity index (χ0v) is 17.2. The van der Waals surface area contributed by atoms with Crippen molar-refractivity contribution in [2.75, 3.05) is 19.6 Å². The van der Waals surface area contributed by atoms with Crippen molar-refractivity contribution in [3.63, 3.8) is 0 Å². The Morgan fingerprint density at radius 1 is 1.38 bits per heavy atom. The molecule has 8 nitrogen and oxygen atoms in total. The Hall–Kier alpha value is -2.74. The number of rotatable bonds is 7. The summed E-state index contributed by atoms with van der Waals surface area (Å²) in [5, 5.41) is 8.91. The molecule has 1 atom stereocenters.